The number of rotatable bonds is 2. The second-order valence-electron chi connectivity index (χ2n) is 2.90. The lowest BCUT2D eigenvalue weighted by Gasteiger charge is -2.39. The molecule has 1 aliphatic rings. The molecule has 0 saturated heterocycles. The summed E-state index contributed by atoms with van der Waals surface area (Å²) < 4.78 is 12.1. The fraction of sp³-hybridized carbons (Fsp3) is 0.714. The molecule has 0 aromatic heterocycles. The van der Waals surface area contributed by atoms with E-state index in [4.69, 9.17) is 5.11 Å². The van der Waals surface area contributed by atoms with E-state index in [-0.39, 0.29) is 6.61 Å². The van der Waals surface area contributed by atoms with Gasteiger partial charge < -0.3 is 5.11 Å². The van der Waals surface area contributed by atoms with Crippen molar-refractivity contribution in [1.82, 2.24) is 0 Å². The smallest absolute Gasteiger partial charge is 0.0978 e. The van der Waals surface area contributed by atoms with Crippen molar-refractivity contribution in [2.45, 2.75) is 12.8 Å². The first-order chi connectivity index (χ1) is 4.22. The SMILES string of the molecule is C=C1CC(CO)(CF)C1. The van der Waals surface area contributed by atoms with E-state index in [1.54, 1.807) is 0 Å². The molecular formula is C7H11FO. The van der Waals surface area contributed by atoms with Gasteiger partial charge in [0.05, 0.1) is 13.3 Å². The van der Waals surface area contributed by atoms with Crippen LogP contribution >= 0.6 is 0 Å². The van der Waals surface area contributed by atoms with Crippen LogP contribution in [0.4, 0.5) is 4.39 Å². The van der Waals surface area contributed by atoms with Crippen molar-refractivity contribution in [2.24, 2.45) is 5.41 Å². The number of halogens is 1. The Morgan fingerprint density at radius 2 is 2.22 bits per heavy atom. The van der Waals surface area contributed by atoms with Crippen molar-refractivity contribution in [1.29, 1.82) is 0 Å². The number of aliphatic hydroxyl groups excluding tert-OH is 1. The molecule has 2 heteroatoms. The zero-order valence-electron chi connectivity index (χ0n) is 5.36. The van der Waals surface area contributed by atoms with E-state index in [0.717, 1.165) is 5.57 Å². The Morgan fingerprint density at radius 1 is 1.67 bits per heavy atom. The summed E-state index contributed by atoms with van der Waals surface area (Å²) in [6.45, 7) is 3.22. The molecule has 0 aliphatic heterocycles. The summed E-state index contributed by atoms with van der Waals surface area (Å²) in [6, 6.07) is 0. The summed E-state index contributed by atoms with van der Waals surface area (Å²) in [7, 11) is 0. The first-order valence-corrected chi connectivity index (χ1v) is 3.06. The Balaban J connectivity index is 2.44. The fourth-order valence-corrected chi connectivity index (χ4v) is 1.26. The van der Waals surface area contributed by atoms with Crippen LogP contribution in [-0.2, 0) is 0 Å². The van der Waals surface area contributed by atoms with Gasteiger partial charge in [-0.05, 0) is 12.8 Å². The van der Waals surface area contributed by atoms with Crippen LogP contribution in [0.3, 0.4) is 0 Å². The second kappa shape index (κ2) is 2.10. The van der Waals surface area contributed by atoms with Crippen molar-refractivity contribution in [3.8, 4) is 0 Å². The van der Waals surface area contributed by atoms with Gasteiger partial charge in [-0.2, -0.15) is 0 Å². The summed E-state index contributed by atoms with van der Waals surface area (Å²) in [5.74, 6) is 0. The molecule has 0 aromatic rings. The van der Waals surface area contributed by atoms with Crippen LogP contribution in [0.15, 0.2) is 12.2 Å². The predicted molar refractivity (Wildman–Crippen MR) is 33.9 cm³/mol. The molecule has 9 heavy (non-hydrogen) atoms. The number of hydrogen-bond acceptors (Lipinski definition) is 1. The van der Waals surface area contributed by atoms with Gasteiger partial charge in [-0.3, -0.25) is 4.39 Å². The molecular weight excluding hydrogens is 119 g/mol. The van der Waals surface area contributed by atoms with Gasteiger partial charge in [-0.1, -0.05) is 12.2 Å². The largest absolute Gasteiger partial charge is 0.396 e. The summed E-state index contributed by atoms with van der Waals surface area (Å²) in [6.07, 6.45) is 1.33. The van der Waals surface area contributed by atoms with E-state index in [1.807, 2.05) is 0 Å². The fourth-order valence-electron chi connectivity index (χ4n) is 1.26. The first kappa shape index (κ1) is 6.75. The number of hydrogen-bond donors (Lipinski definition) is 1. The van der Waals surface area contributed by atoms with Gasteiger partial charge in [0.25, 0.3) is 0 Å². The van der Waals surface area contributed by atoms with Crippen molar-refractivity contribution in [3.05, 3.63) is 12.2 Å². The third kappa shape index (κ3) is 0.990. The van der Waals surface area contributed by atoms with Crippen LogP contribution in [0.1, 0.15) is 12.8 Å². The van der Waals surface area contributed by atoms with Gasteiger partial charge in [-0.15, -0.1) is 0 Å². The third-order valence-electron chi connectivity index (χ3n) is 1.87. The van der Waals surface area contributed by atoms with E-state index >= 15 is 0 Å². The van der Waals surface area contributed by atoms with Gasteiger partial charge in [0.1, 0.15) is 0 Å². The molecule has 0 aromatic carbocycles. The van der Waals surface area contributed by atoms with E-state index < -0.39 is 12.1 Å². The second-order valence-corrected chi connectivity index (χ2v) is 2.90. The molecule has 1 saturated carbocycles. The minimum atomic E-state index is -0.433. The third-order valence-corrected chi connectivity index (χ3v) is 1.87. The van der Waals surface area contributed by atoms with Crippen LogP contribution in [0, 0.1) is 5.41 Å². The predicted octanol–water partition coefficient (Wildman–Crippen LogP) is 1.28. The standard InChI is InChI=1S/C7H11FO/c1-6-2-7(3-6,4-8)5-9/h9H,1-5H2. The van der Waals surface area contributed by atoms with Crippen LogP contribution in [-0.4, -0.2) is 18.4 Å². The average molecular weight is 130 g/mol. The Kier molecular flexibility index (Phi) is 1.58. The first-order valence-electron chi connectivity index (χ1n) is 3.06. The highest BCUT2D eigenvalue weighted by molar-refractivity contribution is 5.14. The molecule has 0 bridgehead atoms. The highest BCUT2D eigenvalue weighted by Crippen LogP contribution is 2.43. The minimum Gasteiger partial charge on any atom is -0.396 e. The van der Waals surface area contributed by atoms with Crippen LogP contribution in [0.25, 0.3) is 0 Å². The Labute approximate surface area is 54.2 Å². The van der Waals surface area contributed by atoms with Gasteiger partial charge in [0, 0.05) is 5.41 Å². The van der Waals surface area contributed by atoms with Gasteiger partial charge in [-0.25, -0.2) is 0 Å². The van der Waals surface area contributed by atoms with E-state index in [2.05, 4.69) is 6.58 Å². The van der Waals surface area contributed by atoms with Crippen LogP contribution in [0.2, 0.25) is 0 Å². The molecule has 1 fully saturated rings. The lowest BCUT2D eigenvalue weighted by Crippen LogP contribution is -2.36. The maximum absolute atomic E-state index is 12.1. The van der Waals surface area contributed by atoms with Gasteiger partial charge >= 0.3 is 0 Å². The Bertz CT molecular complexity index is 117. The summed E-state index contributed by atoms with van der Waals surface area (Å²) in [5, 5.41) is 8.67. The number of aliphatic hydroxyl groups is 1. The van der Waals surface area contributed by atoms with E-state index in [1.165, 1.54) is 0 Å². The molecule has 0 amide bonds. The van der Waals surface area contributed by atoms with Crippen LogP contribution < -0.4 is 0 Å². The zero-order valence-corrected chi connectivity index (χ0v) is 5.36. The maximum Gasteiger partial charge on any atom is 0.0978 e. The maximum atomic E-state index is 12.1. The molecule has 0 spiro atoms. The van der Waals surface area contributed by atoms with Crippen molar-refractivity contribution in [3.63, 3.8) is 0 Å². The molecule has 1 nitrogen and oxygen atoms in total. The van der Waals surface area contributed by atoms with E-state index in [0.29, 0.717) is 12.8 Å². The average Bonchev–Trinajstić information content (AvgIpc) is 1.81. The molecule has 1 rings (SSSR count). The topological polar surface area (TPSA) is 20.2 Å². The van der Waals surface area contributed by atoms with Crippen LogP contribution in [0.5, 0.6) is 0 Å². The van der Waals surface area contributed by atoms with Crippen molar-refractivity contribution >= 4 is 0 Å². The molecule has 0 atom stereocenters. The summed E-state index contributed by atoms with van der Waals surface area (Å²) in [5.41, 5.74) is 0.624. The normalized spacial score (nSPS) is 23.6. The van der Waals surface area contributed by atoms with Gasteiger partial charge in [0.15, 0.2) is 0 Å². The zero-order chi connectivity index (χ0) is 6.91. The molecule has 0 heterocycles. The molecule has 1 aliphatic carbocycles. The minimum absolute atomic E-state index is 0.0392. The Hall–Kier alpha value is -0.370. The summed E-state index contributed by atoms with van der Waals surface area (Å²) >= 11 is 0. The highest BCUT2D eigenvalue weighted by atomic mass is 19.1. The Morgan fingerprint density at radius 3 is 2.33 bits per heavy atom. The number of alkyl halides is 1. The highest BCUT2D eigenvalue weighted by Gasteiger charge is 2.39. The van der Waals surface area contributed by atoms with Crippen molar-refractivity contribution in [2.75, 3.05) is 13.3 Å². The molecule has 52 valence electrons. The quantitative estimate of drug-likeness (QED) is 0.558. The lowest BCUT2D eigenvalue weighted by molar-refractivity contribution is 0.0577. The molecule has 0 unspecified atom stereocenters. The van der Waals surface area contributed by atoms with Crippen molar-refractivity contribution < 1.29 is 9.50 Å². The van der Waals surface area contributed by atoms with E-state index in [9.17, 15) is 4.39 Å². The lowest BCUT2D eigenvalue weighted by atomic mass is 9.67. The molecule has 0 radical (unpaired) electrons. The monoisotopic (exact) mass is 130 g/mol. The van der Waals surface area contributed by atoms with Gasteiger partial charge in [0.2, 0.25) is 0 Å². The molecule has 1 N–H and O–H groups in total. The number of allylic oxidation sites excluding steroid dienone is 1. The summed E-state index contributed by atoms with van der Waals surface area (Å²) in [4.78, 5) is 0.